The number of thiophene rings is 2. The van der Waals surface area contributed by atoms with Gasteiger partial charge in [0.05, 0.1) is 19.8 Å². The fourth-order valence-electron chi connectivity index (χ4n) is 1.64. The molecule has 0 unspecified atom stereocenters. The minimum Gasteiger partial charge on any atom is -0.486 e. The van der Waals surface area contributed by atoms with Gasteiger partial charge in [-0.2, -0.15) is 10.5 Å². The summed E-state index contributed by atoms with van der Waals surface area (Å²) < 4.78 is 31.6. The predicted molar refractivity (Wildman–Crippen MR) is 96.0 cm³/mol. The Morgan fingerprint density at radius 1 is 1.07 bits per heavy atom. The third-order valence-electron chi connectivity index (χ3n) is 2.76. The summed E-state index contributed by atoms with van der Waals surface area (Å²) in [7, 11) is -0.888. The molecule has 2 rings (SSSR count). The Morgan fingerprint density at radius 2 is 1.63 bits per heavy atom. The van der Waals surface area contributed by atoms with Crippen molar-refractivity contribution in [1.29, 1.82) is 10.5 Å². The van der Waals surface area contributed by atoms with Crippen molar-refractivity contribution < 1.29 is 32.6 Å². The molecule has 2 heterocycles. The number of ether oxygens (including phenoxy) is 2. The smallest absolute Gasteiger partial charge is 0.348 e. The lowest BCUT2D eigenvalue weighted by molar-refractivity contribution is 0.0605. The molecule has 2 aromatic rings. The maximum absolute atomic E-state index is 11.2. The summed E-state index contributed by atoms with van der Waals surface area (Å²) in [5, 5.41) is 26.1. The summed E-state index contributed by atoms with van der Waals surface area (Å²) in [6, 6.07) is 6.08. The van der Waals surface area contributed by atoms with Crippen molar-refractivity contribution in [3.63, 3.8) is 0 Å². The van der Waals surface area contributed by atoms with Crippen LogP contribution in [0.25, 0.3) is 0 Å². The van der Waals surface area contributed by atoms with Crippen LogP contribution in [-0.4, -0.2) is 45.9 Å². The van der Waals surface area contributed by atoms with Crippen LogP contribution in [0.2, 0.25) is 0 Å². The molecule has 9 nitrogen and oxygen atoms in total. The van der Waals surface area contributed by atoms with Crippen LogP contribution in [0.15, 0.2) is 16.3 Å². The molecular formula is C15H12N2O7S3. The molecule has 0 amide bonds. The zero-order valence-electron chi connectivity index (χ0n) is 14.2. The highest BCUT2D eigenvalue weighted by atomic mass is 32.2. The van der Waals surface area contributed by atoms with Gasteiger partial charge in [-0.3, -0.25) is 0 Å². The molecule has 2 aromatic heterocycles. The molecule has 0 spiro atoms. The Labute approximate surface area is 162 Å². The summed E-state index contributed by atoms with van der Waals surface area (Å²) in [4.78, 5) is 21.8. The largest absolute Gasteiger partial charge is 0.486 e. The molecule has 0 saturated carbocycles. The van der Waals surface area contributed by atoms with Gasteiger partial charge in [0.2, 0.25) is 0 Å². The molecule has 27 heavy (non-hydrogen) atoms. The number of methoxy groups -OCH3 is 2. The number of aromatic carboxylic acids is 1. The number of nitriles is 2. The second kappa shape index (κ2) is 9.14. The molecule has 0 aromatic carbocycles. The average molecular weight is 428 g/mol. The van der Waals surface area contributed by atoms with E-state index >= 15 is 0 Å². The highest BCUT2D eigenvalue weighted by Gasteiger charge is 2.21. The summed E-state index contributed by atoms with van der Waals surface area (Å²) in [5.74, 6) is -1.69. The normalized spacial score (nSPS) is 9.96. The van der Waals surface area contributed by atoms with Gasteiger partial charge in [-0.15, -0.1) is 11.3 Å². The van der Waals surface area contributed by atoms with E-state index in [4.69, 9.17) is 20.4 Å². The van der Waals surface area contributed by atoms with Gasteiger partial charge >= 0.3 is 11.9 Å². The van der Waals surface area contributed by atoms with Gasteiger partial charge in [0.1, 0.15) is 31.7 Å². The van der Waals surface area contributed by atoms with E-state index in [1.165, 1.54) is 26.4 Å². The van der Waals surface area contributed by atoms with Crippen molar-refractivity contribution in [3.05, 3.63) is 33.0 Å². The Hall–Kier alpha value is -2.93. The molecule has 0 bridgehead atoms. The van der Waals surface area contributed by atoms with Crippen LogP contribution in [0, 0.1) is 22.7 Å². The van der Waals surface area contributed by atoms with Gasteiger partial charge in [-0.25, -0.2) is 18.0 Å². The van der Waals surface area contributed by atoms with Crippen LogP contribution in [0.4, 0.5) is 0 Å². The lowest BCUT2D eigenvalue weighted by atomic mass is 10.3. The number of hydrogen-bond donors (Lipinski definition) is 1. The van der Waals surface area contributed by atoms with E-state index in [0.29, 0.717) is 5.06 Å². The third kappa shape index (κ3) is 5.52. The maximum Gasteiger partial charge on any atom is 0.348 e. The van der Waals surface area contributed by atoms with E-state index in [9.17, 15) is 18.0 Å². The highest BCUT2D eigenvalue weighted by Crippen LogP contribution is 2.29. The van der Waals surface area contributed by atoms with E-state index in [1.807, 2.05) is 6.07 Å². The molecule has 0 saturated heterocycles. The van der Waals surface area contributed by atoms with Crippen molar-refractivity contribution in [2.75, 3.05) is 20.5 Å². The highest BCUT2D eigenvalue weighted by molar-refractivity contribution is 7.92. The zero-order valence-corrected chi connectivity index (χ0v) is 16.6. The first-order valence-electron chi connectivity index (χ1n) is 6.72. The van der Waals surface area contributed by atoms with Crippen molar-refractivity contribution in [1.82, 2.24) is 0 Å². The van der Waals surface area contributed by atoms with Gasteiger partial charge in [-0.1, -0.05) is 11.3 Å². The first-order valence-corrected chi connectivity index (χ1v) is 10.2. The Morgan fingerprint density at radius 3 is 1.96 bits per heavy atom. The average Bonchev–Trinajstić information content (AvgIpc) is 3.25. The SMILES string of the molecule is COC(=O)c1cc(C#N)c(S(C)(=O)=O)s1.COc1sc(C(=O)O)cc1C#N. The summed E-state index contributed by atoms with van der Waals surface area (Å²) in [6.45, 7) is 0. The number of carbonyl (C=O) groups is 2. The first-order chi connectivity index (χ1) is 12.6. The summed E-state index contributed by atoms with van der Waals surface area (Å²) >= 11 is 1.69. The second-order valence-corrected chi connectivity index (χ2v) is 8.90. The lowest BCUT2D eigenvalue weighted by Crippen LogP contribution is -1.97. The van der Waals surface area contributed by atoms with E-state index in [1.54, 1.807) is 6.07 Å². The van der Waals surface area contributed by atoms with Crippen LogP contribution in [0.3, 0.4) is 0 Å². The molecule has 0 aliphatic carbocycles. The molecule has 142 valence electrons. The molecule has 0 aliphatic heterocycles. The fourth-order valence-corrected chi connectivity index (χ4v) is 4.54. The predicted octanol–water partition coefficient (Wildman–Crippen LogP) is 2.14. The van der Waals surface area contributed by atoms with Gasteiger partial charge in [0.25, 0.3) is 0 Å². The van der Waals surface area contributed by atoms with Gasteiger partial charge < -0.3 is 14.6 Å². The van der Waals surface area contributed by atoms with Crippen molar-refractivity contribution >= 4 is 44.4 Å². The monoisotopic (exact) mass is 428 g/mol. The lowest BCUT2D eigenvalue weighted by Gasteiger charge is -1.92. The Balaban J connectivity index is 0.000000277. The number of carboxylic acids is 1. The summed E-state index contributed by atoms with van der Waals surface area (Å²) in [5.41, 5.74) is 0.239. The molecule has 12 heteroatoms. The maximum atomic E-state index is 11.2. The number of carboxylic acid groups (broad SMARTS) is 1. The van der Waals surface area contributed by atoms with Crippen molar-refractivity contribution in [3.8, 4) is 17.2 Å². The van der Waals surface area contributed by atoms with E-state index in [0.717, 1.165) is 28.9 Å². The standard InChI is InChI=1S/C8H7NO4S2.C7H5NO3S/c1-13-7(10)6-3-5(4-9)8(14-6)15(2,11)12;1-11-7-4(3-8)2-5(12-7)6(9)10/h3H,1-2H3;2H,1H3,(H,9,10). The number of nitrogens with zero attached hydrogens (tertiary/aromatic N) is 2. The van der Waals surface area contributed by atoms with Gasteiger partial charge in [0.15, 0.2) is 14.9 Å². The topological polar surface area (TPSA) is 155 Å². The van der Waals surface area contributed by atoms with Crippen LogP contribution in [0.1, 0.15) is 30.5 Å². The molecule has 0 atom stereocenters. The molecule has 0 radical (unpaired) electrons. The van der Waals surface area contributed by atoms with Gasteiger partial charge in [0, 0.05) is 6.26 Å². The van der Waals surface area contributed by atoms with Crippen LogP contribution in [0.5, 0.6) is 5.06 Å². The van der Waals surface area contributed by atoms with Crippen molar-refractivity contribution in [2.24, 2.45) is 0 Å². The second-order valence-electron chi connectivity index (χ2n) is 4.62. The van der Waals surface area contributed by atoms with Crippen LogP contribution in [-0.2, 0) is 14.6 Å². The molecular weight excluding hydrogens is 416 g/mol. The van der Waals surface area contributed by atoms with Crippen LogP contribution >= 0.6 is 22.7 Å². The number of carbonyl (C=O) groups excluding carboxylic acids is 1. The quantitative estimate of drug-likeness (QED) is 0.721. The van der Waals surface area contributed by atoms with Gasteiger partial charge in [-0.05, 0) is 12.1 Å². The zero-order chi connectivity index (χ0) is 20.8. The number of rotatable bonds is 4. The first kappa shape index (κ1) is 22.1. The van der Waals surface area contributed by atoms with Crippen molar-refractivity contribution in [2.45, 2.75) is 4.21 Å². The van der Waals surface area contributed by atoms with E-state index < -0.39 is 21.8 Å². The number of esters is 1. The Bertz CT molecular complexity index is 1050. The molecule has 0 aliphatic rings. The van der Waals surface area contributed by atoms with E-state index in [2.05, 4.69) is 4.74 Å². The number of hydrogen-bond acceptors (Lipinski definition) is 10. The third-order valence-corrected chi connectivity index (χ3v) is 6.80. The van der Waals surface area contributed by atoms with Crippen LogP contribution < -0.4 is 4.74 Å². The fraction of sp³-hybridized carbons (Fsp3) is 0.200. The summed E-state index contributed by atoms with van der Waals surface area (Å²) in [6.07, 6.45) is 0.987. The molecule has 1 N–H and O–H groups in total. The Kier molecular flexibility index (Phi) is 7.48. The minimum atomic E-state index is -3.48. The van der Waals surface area contributed by atoms with E-state index in [-0.39, 0.29) is 25.1 Å². The molecule has 0 fully saturated rings. The minimum absolute atomic E-state index is 0.0251. The number of sulfone groups is 1.